The van der Waals surface area contributed by atoms with Gasteiger partial charge in [-0.3, -0.25) is 9.80 Å². The summed E-state index contributed by atoms with van der Waals surface area (Å²) < 4.78 is 14.2. The molecule has 3 nitrogen and oxygen atoms in total. The van der Waals surface area contributed by atoms with Crippen LogP contribution < -0.4 is 5.73 Å². The van der Waals surface area contributed by atoms with Crippen molar-refractivity contribution in [2.75, 3.05) is 26.2 Å². The minimum Gasteiger partial charge on any atom is -0.326 e. The number of rotatable bonds is 6. The molecule has 0 spiro atoms. The minimum absolute atomic E-state index is 0.124. The van der Waals surface area contributed by atoms with E-state index in [1.807, 2.05) is 12.1 Å². The van der Waals surface area contributed by atoms with E-state index >= 15 is 0 Å². The molecule has 4 heteroatoms. The van der Waals surface area contributed by atoms with Crippen LogP contribution in [0, 0.1) is 5.82 Å². The largest absolute Gasteiger partial charge is 0.326 e. The topological polar surface area (TPSA) is 32.5 Å². The molecule has 0 aromatic heterocycles. The second kappa shape index (κ2) is 7.16. The maximum Gasteiger partial charge on any atom is 0.132 e. The van der Waals surface area contributed by atoms with E-state index in [2.05, 4.69) is 23.6 Å². The molecule has 1 atom stereocenters. The highest BCUT2D eigenvalue weighted by Gasteiger charge is 2.26. The first kappa shape index (κ1) is 15.4. The molecule has 1 aliphatic heterocycles. The third kappa shape index (κ3) is 3.37. The lowest BCUT2D eigenvalue weighted by Crippen LogP contribution is -2.37. The van der Waals surface area contributed by atoms with E-state index in [0.29, 0.717) is 18.2 Å². The van der Waals surface area contributed by atoms with Crippen molar-refractivity contribution < 1.29 is 4.39 Å². The molecule has 0 bridgehead atoms. The van der Waals surface area contributed by atoms with Crippen molar-refractivity contribution in [1.82, 2.24) is 9.80 Å². The highest BCUT2D eigenvalue weighted by Crippen LogP contribution is 2.20. The van der Waals surface area contributed by atoms with Crippen LogP contribution in [0.3, 0.4) is 0 Å². The third-order valence-electron chi connectivity index (χ3n) is 4.35. The van der Waals surface area contributed by atoms with Crippen molar-refractivity contribution in [2.45, 2.75) is 39.4 Å². The lowest BCUT2D eigenvalue weighted by molar-refractivity contribution is 0.208. The molecule has 2 N–H and O–H groups in total. The smallest absolute Gasteiger partial charge is 0.132 e. The van der Waals surface area contributed by atoms with E-state index in [1.54, 1.807) is 6.07 Å². The van der Waals surface area contributed by atoms with Gasteiger partial charge in [-0.05, 0) is 19.5 Å². The van der Waals surface area contributed by atoms with Gasteiger partial charge in [0.2, 0.25) is 0 Å². The molecule has 2 rings (SSSR count). The van der Waals surface area contributed by atoms with Crippen LogP contribution in [0.15, 0.2) is 18.2 Å². The van der Waals surface area contributed by atoms with Gasteiger partial charge in [0.1, 0.15) is 5.82 Å². The highest BCUT2D eigenvalue weighted by molar-refractivity contribution is 5.26. The van der Waals surface area contributed by atoms with Crippen LogP contribution in [0.2, 0.25) is 0 Å². The summed E-state index contributed by atoms with van der Waals surface area (Å²) in [6.07, 6.45) is 1.18. The maximum atomic E-state index is 14.2. The molecule has 1 aromatic rings. The summed E-state index contributed by atoms with van der Waals surface area (Å²) in [6, 6.07) is 6.16. The van der Waals surface area contributed by atoms with Gasteiger partial charge in [-0.25, -0.2) is 4.39 Å². The number of benzene rings is 1. The van der Waals surface area contributed by atoms with Crippen LogP contribution in [0.5, 0.6) is 0 Å². The van der Waals surface area contributed by atoms with E-state index in [0.717, 1.165) is 31.7 Å². The van der Waals surface area contributed by atoms with E-state index in [9.17, 15) is 4.39 Å². The molecule has 20 heavy (non-hydrogen) atoms. The maximum absolute atomic E-state index is 14.2. The van der Waals surface area contributed by atoms with E-state index < -0.39 is 0 Å². The number of likely N-dealkylation sites (N-methyl/N-ethyl adjacent to an activating group) is 1. The third-order valence-corrected chi connectivity index (χ3v) is 4.35. The van der Waals surface area contributed by atoms with Crippen LogP contribution in [-0.2, 0) is 13.1 Å². The Morgan fingerprint density at radius 2 is 2.00 bits per heavy atom. The van der Waals surface area contributed by atoms with Crippen LogP contribution in [0.1, 0.15) is 31.4 Å². The van der Waals surface area contributed by atoms with Crippen molar-refractivity contribution in [3.05, 3.63) is 35.1 Å². The van der Waals surface area contributed by atoms with E-state index in [1.165, 1.54) is 6.42 Å². The molecule has 1 unspecified atom stereocenters. The number of hydrogen-bond donors (Lipinski definition) is 1. The number of nitrogens with zero attached hydrogens (tertiary/aromatic N) is 2. The van der Waals surface area contributed by atoms with Crippen molar-refractivity contribution >= 4 is 0 Å². The van der Waals surface area contributed by atoms with Crippen LogP contribution >= 0.6 is 0 Å². The molecular weight excluding hydrogens is 253 g/mol. The summed E-state index contributed by atoms with van der Waals surface area (Å²) in [5, 5.41) is 0. The standard InChI is InChI=1S/C16H26FN3/c1-3-20(4-2)15-8-9-19(12-15)11-14-7-5-6-13(10-18)16(14)17/h5-7,15H,3-4,8-12,18H2,1-2H3. The van der Waals surface area contributed by atoms with Crippen LogP contribution in [0.25, 0.3) is 0 Å². The van der Waals surface area contributed by atoms with E-state index in [4.69, 9.17) is 5.73 Å². The number of nitrogens with two attached hydrogens (primary N) is 1. The lowest BCUT2D eigenvalue weighted by Gasteiger charge is -2.26. The second-order valence-corrected chi connectivity index (χ2v) is 5.49. The lowest BCUT2D eigenvalue weighted by atomic mass is 10.1. The molecule has 1 aliphatic rings. The molecule has 0 aliphatic carbocycles. The Morgan fingerprint density at radius 1 is 1.30 bits per heavy atom. The Morgan fingerprint density at radius 3 is 2.65 bits per heavy atom. The molecule has 0 amide bonds. The predicted octanol–water partition coefficient (Wildman–Crippen LogP) is 2.20. The Balaban J connectivity index is 1.99. The number of halogens is 1. The normalized spacial score (nSPS) is 19.9. The fraction of sp³-hybridized carbons (Fsp3) is 0.625. The van der Waals surface area contributed by atoms with Crippen LogP contribution in [0.4, 0.5) is 4.39 Å². The van der Waals surface area contributed by atoms with Gasteiger partial charge in [0, 0.05) is 43.3 Å². The molecule has 1 fully saturated rings. The van der Waals surface area contributed by atoms with Crippen molar-refractivity contribution in [2.24, 2.45) is 5.73 Å². The molecule has 112 valence electrons. The zero-order valence-electron chi connectivity index (χ0n) is 12.6. The molecule has 0 radical (unpaired) electrons. The zero-order valence-corrected chi connectivity index (χ0v) is 12.6. The SMILES string of the molecule is CCN(CC)C1CCN(Cc2cccc(CN)c2F)C1. The van der Waals surface area contributed by atoms with Gasteiger partial charge in [-0.2, -0.15) is 0 Å². The highest BCUT2D eigenvalue weighted by atomic mass is 19.1. The predicted molar refractivity (Wildman–Crippen MR) is 80.9 cm³/mol. The summed E-state index contributed by atoms with van der Waals surface area (Å²) in [6.45, 7) is 9.63. The first-order valence-electron chi connectivity index (χ1n) is 7.62. The second-order valence-electron chi connectivity index (χ2n) is 5.49. The molecule has 1 aromatic carbocycles. The Kier molecular flexibility index (Phi) is 5.52. The Hall–Kier alpha value is -0.970. The average molecular weight is 279 g/mol. The Labute approximate surface area is 121 Å². The van der Waals surface area contributed by atoms with Gasteiger partial charge in [0.05, 0.1) is 0 Å². The quantitative estimate of drug-likeness (QED) is 0.866. The van der Waals surface area contributed by atoms with Gasteiger partial charge in [-0.1, -0.05) is 32.0 Å². The first-order valence-corrected chi connectivity index (χ1v) is 7.62. The van der Waals surface area contributed by atoms with Gasteiger partial charge in [0.15, 0.2) is 0 Å². The van der Waals surface area contributed by atoms with Gasteiger partial charge in [-0.15, -0.1) is 0 Å². The van der Waals surface area contributed by atoms with E-state index in [-0.39, 0.29) is 12.4 Å². The number of likely N-dealkylation sites (tertiary alicyclic amines) is 1. The molecule has 1 saturated heterocycles. The van der Waals surface area contributed by atoms with Crippen molar-refractivity contribution in [3.8, 4) is 0 Å². The van der Waals surface area contributed by atoms with Crippen LogP contribution in [-0.4, -0.2) is 42.0 Å². The van der Waals surface area contributed by atoms with Gasteiger partial charge < -0.3 is 5.73 Å². The minimum atomic E-state index is -0.124. The summed E-state index contributed by atoms with van der Waals surface area (Å²) >= 11 is 0. The monoisotopic (exact) mass is 279 g/mol. The molecule has 1 heterocycles. The molecular formula is C16H26FN3. The molecule has 0 saturated carbocycles. The summed E-state index contributed by atoms with van der Waals surface area (Å²) in [7, 11) is 0. The number of hydrogen-bond acceptors (Lipinski definition) is 3. The summed E-state index contributed by atoms with van der Waals surface area (Å²) in [5.74, 6) is -0.124. The Bertz CT molecular complexity index is 432. The van der Waals surface area contributed by atoms with Crippen molar-refractivity contribution in [1.29, 1.82) is 0 Å². The zero-order chi connectivity index (χ0) is 14.5. The summed E-state index contributed by atoms with van der Waals surface area (Å²) in [5.41, 5.74) is 6.95. The summed E-state index contributed by atoms with van der Waals surface area (Å²) in [4.78, 5) is 4.84. The van der Waals surface area contributed by atoms with Crippen molar-refractivity contribution in [3.63, 3.8) is 0 Å². The van der Waals surface area contributed by atoms with Gasteiger partial charge in [0.25, 0.3) is 0 Å². The fourth-order valence-electron chi connectivity index (χ4n) is 3.15. The first-order chi connectivity index (χ1) is 9.69. The van der Waals surface area contributed by atoms with Gasteiger partial charge >= 0.3 is 0 Å². The average Bonchev–Trinajstić information content (AvgIpc) is 2.91. The fourth-order valence-corrected chi connectivity index (χ4v) is 3.15.